The van der Waals surface area contributed by atoms with E-state index in [9.17, 15) is 9.18 Å². The fourth-order valence-corrected chi connectivity index (χ4v) is 4.83. The second kappa shape index (κ2) is 9.75. The summed E-state index contributed by atoms with van der Waals surface area (Å²) in [6, 6.07) is 10.2. The van der Waals surface area contributed by atoms with Crippen LogP contribution in [0.5, 0.6) is 28.7 Å². The molecule has 188 valence electrons. The van der Waals surface area contributed by atoms with Gasteiger partial charge in [0.15, 0.2) is 23.0 Å². The van der Waals surface area contributed by atoms with Crippen LogP contribution in [-0.4, -0.2) is 40.1 Å². The molecule has 10 heteroatoms. The van der Waals surface area contributed by atoms with Crippen molar-refractivity contribution in [2.75, 3.05) is 33.4 Å². The van der Waals surface area contributed by atoms with E-state index in [2.05, 4.69) is 10.6 Å². The number of benzene rings is 3. The normalized spacial score (nSPS) is 17.8. The molecule has 2 aliphatic rings. The molecule has 1 amide bonds. The first-order valence-corrected chi connectivity index (χ1v) is 11.5. The van der Waals surface area contributed by atoms with Crippen LogP contribution in [0.1, 0.15) is 22.7 Å². The van der Waals surface area contributed by atoms with Gasteiger partial charge in [0.05, 0.1) is 44.1 Å². The van der Waals surface area contributed by atoms with Gasteiger partial charge < -0.3 is 29.0 Å². The number of anilines is 1. The minimum Gasteiger partial charge on any atom is -0.493 e. The highest BCUT2D eigenvalue weighted by molar-refractivity contribution is 6.33. The summed E-state index contributed by atoms with van der Waals surface area (Å²) in [7, 11) is 4.64. The zero-order chi connectivity index (χ0) is 25.4. The average molecular weight is 515 g/mol. The van der Waals surface area contributed by atoms with E-state index in [1.807, 2.05) is 24.3 Å². The Kier molecular flexibility index (Phi) is 6.51. The molecule has 0 unspecified atom stereocenters. The molecule has 0 saturated heterocycles. The Morgan fingerprint density at radius 1 is 1.03 bits per heavy atom. The van der Waals surface area contributed by atoms with Crippen molar-refractivity contribution in [2.24, 2.45) is 0 Å². The highest BCUT2D eigenvalue weighted by Gasteiger charge is 2.37. The summed E-state index contributed by atoms with van der Waals surface area (Å²) in [5.74, 6) is 1.89. The number of hydrogen-bond donors (Lipinski definition) is 2. The summed E-state index contributed by atoms with van der Waals surface area (Å²) in [5.41, 5.74) is 2.82. The van der Waals surface area contributed by atoms with E-state index in [1.54, 1.807) is 21.3 Å². The molecule has 3 aromatic rings. The standard InChI is InChI=1S/C26H24ClFN2O6/c1-32-21-10-14-8-18(26(31)30-17-6-5-15(28)11-16(17)27)29-23(22(14)25(34-3)24(21)33-2)13-4-7-19-20(9-13)36-12-35-19/h4-7,9-11,18,23,29H,8,12H2,1-3H3,(H,30,31)/t18-,23+/m0/s1. The summed E-state index contributed by atoms with van der Waals surface area (Å²) in [6.45, 7) is 0.144. The van der Waals surface area contributed by atoms with Gasteiger partial charge in [-0.3, -0.25) is 10.1 Å². The second-order valence-corrected chi connectivity index (χ2v) is 8.71. The molecule has 2 heterocycles. The quantitative estimate of drug-likeness (QED) is 0.501. The zero-order valence-corrected chi connectivity index (χ0v) is 20.6. The Bertz CT molecular complexity index is 1330. The molecular formula is C26H24ClFN2O6. The number of halogens is 2. The predicted molar refractivity (Wildman–Crippen MR) is 131 cm³/mol. The van der Waals surface area contributed by atoms with Gasteiger partial charge in [0, 0.05) is 5.56 Å². The Balaban J connectivity index is 1.58. The zero-order valence-electron chi connectivity index (χ0n) is 19.8. The van der Waals surface area contributed by atoms with Crippen molar-refractivity contribution in [1.82, 2.24) is 5.32 Å². The lowest BCUT2D eigenvalue weighted by Crippen LogP contribution is -2.47. The van der Waals surface area contributed by atoms with E-state index < -0.39 is 17.9 Å². The predicted octanol–water partition coefficient (Wildman–Crippen LogP) is 4.48. The molecule has 0 radical (unpaired) electrons. The molecule has 2 N–H and O–H groups in total. The maximum absolute atomic E-state index is 13.5. The third kappa shape index (κ3) is 4.25. The van der Waals surface area contributed by atoms with E-state index in [-0.39, 0.29) is 17.7 Å². The fraction of sp³-hybridized carbons (Fsp3) is 0.269. The SMILES string of the molecule is COc1cc2c(c(OC)c1OC)[C@@H](c1ccc3c(c1)OCO3)N[C@H](C(=O)Nc1ccc(F)cc1Cl)C2. The fourth-order valence-electron chi connectivity index (χ4n) is 4.61. The molecule has 2 atom stereocenters. The average Bonchev–Trinajstić information content (AvgIpc) is 3.36. The van der Waals surface area contributed by atoms with Crippen LogP contribution in [0.4, 0.5) is 10.1 Å². The number of carbonyl (C=O) groups is 1. The number of methoxy groups -OCH3 is 3. The van der Waals surface area contributed by atoms with Gasteiger partial charge in [-0.2, -0.15) is 0 Å². The van der Waals surface area contributed by atoms with Crippen LogP contribution < -0.4 is 34.3 Å². The third-order valence-electron chi connectivity index (χ3n) is 6.27. The van der Waals surface area contributed by atoms with Crippen molar-refractivity contribution >= 4 is 23.2 Å². The molecule has 0 aliphatic carbocycles. The van der Waals surface area contributed by atoms with Gasteiger partial charge >= 0.3 is 0 Å². The monoisotopic (exact) mass is 514 g/mol. The largest absolute Gasteiger partial charge is 0.493 e. The number of hydrogen-bond acceptors (Lipinski definition) is 7. The van der Waals surface area contributed by atoms with Crippen LogP contribution in [0.3, 0.4) is 0 Å². The first-order chi connectivity index (χ1) is 17.4. The molecule has 3 aromatic carbocycles. The van der Waals surface area contributed by atoms with Gasteiger partial charge in [0.2, 0.25) is 18.4 Å². The Morgan fingerprint density at radius 2 is 1.81 bits per heavy atom. The Hall–Kier alpha value is -3.69. The van der Waals surface area contributed by atoms with Gasteiger partial charge in [-0.05, 0) is 53.9 Å². The van der Waals surface area contributed by atoms with Gasteiger partial charge in [-0.15, -0.1) is 0 Å². The lowest BCUT2D eigenvalue weighted by Gasteiger charge is -2.35. The molecule has 0 aromatic heterocycles. The Morgan fingerprint density at radius 3 is 2.53 bits per heavy atom. The van der Waals surface area contributed by atoms with Gasteiger partial charge in [0.25, 0.3) is 0 Å². The van der Waals surface area contributed by atoms with E-state index >= 15 is 0 Å². The van der Waals surface area contributed by atoms with Crippen LogP contribution >= 0.6 is 11.6 Å². The topological polar surface area (TPSA) is 87.3 Å². The number of nitrogens with one attached hydrogen (secondary N) is 2. The summed E-state index contributed by atoms with van der Waals surface area (Å²) in [6.07, 6.45) is 0.331. The van der Waals surface area contributed by atoms with Crippen molar-refractivity contribution < 1.29 is 32.9 Å². The van der Waals surface area contributed by atoms with Gasteiger partial charge in [-0.25, -0.2) is 4.39 Å². The van der Waals surface area contributed by atoms with Crippen molar-refractivity contribution in [3.63, 3.8) is 0 Å². The molecular weight excluding hydrogens is 491 g/mol. The van der Waals surface area contributed by atoms with E-state index in [0.29, 0.717) is 40.9 Å². The summed E-state index contributed by atoms with van der Waals surface area (Å²) >= 11 is 6.14. The number of amides is 1. The van der Waals surface area contributed by atoms with E-state index in [0.717, 1.165) is 22.8 Å². The molecule has 5 rings (SSSR count). The van der Waals surface area contributed by atoms with Crippen molar-refractivity contribution in [3.05, 3.63) is 70.0 Å². The number of ether oxygens (including phenoxy) is 5. The summed E-state index contributed by atoms with van der Waals surface area (Å²) in [5, 5.41) is 6.34. The maximum atomic E-state index is 13.5. The van der Waals surface area contributed by atoms with Gasteiger partial charge in [-0.1, -0.05) is 17.7 Å². The summed E-state index contributed by atoms with van der Waals surface area (Å²) < 4.78 is 41.5. The van der Waals surface area contributed by atoms with Crippen molar-refractivity contribution in [3.8, 4) is 28.7 Å². The van der Waals surface area contributed by atoms with Gasteiger partial charge in [0.1, 0.15) is 5.82 Å². The van der Waals surface area contributed by atoms with E-state index in [4.69, 9.17) is 35.3 Å². The molecule has 0 bridgehead atoms. The molecule has 0 fully saturated rings. The van der Waals surface area contributed by atoms with Crippen molar-refractivity contribution in [2.45, 2.75) is 18.5 Å². The van der Waals surface area contributed by atoms with Crippen LogP contribution in [0.25, 0.3) is 0 Å². The lowest BCUT2D eigenvalue weighted by atomic mass is 9.85. The number of fused-ring (bicyclic) bond motifs is 2. The highest BCUT2D eigenvalue weighted by atomic mass is 35.5. The molecule has 0 spiro atoms. The number of carbonyl (C=O) groups excluding carboxylic acids is 1. The molecule has 2 aliphatic heterocycles. The molecule has 0 saturated carbocycles. The molecule has 36 heavy (non-hydrogen) atoms. The smallest absolute Gasteiger partial charge is 0.241 e. The second-order valence-electron chi connectivity index (χ2n) is 8.30. The van der Waals surface area contributed by atoms with E-state index in [1.165, 1.54) is 12.1 Å². The van der Waals surface area contributed by atoms with Crippen LogP contribution in [-0.2, 0) is 11.2 Å². The Labute approximate surface area is 212 Å². The maximum Gasteiger partial charge on any atom is 0.241 e. The van der Waals surface area contributed by atoms with Crippen LogP contribution in [0.2, 0.25) is 5.02 Å². The minimum atomic E-state index is -0.656. The first-order valence-electron chi connectivity index (χ1n) is 11.2. The van der Waals surface area contributed by atoms with Crippen molar-refractivity contribution in [1.29, 1.82) is 0 Å². The van der Waals surface area contributed by atoms with Crippen LogP contribution in [0.15, 0.2) is 42.5 Å². The number of rotatable bonds is 6. The molecule has 8 nitrogen and oxygen atoms in total. The highest BCUT2D eigenvalue weighted by Crippen LogP contribution is 2.48. The third-order valence-corrected chi connectivity index (χ3v) is 6.58. The summed E-state index contributed by atoms with van der Waals surface area (Å²) in [4.78, 5) is 13.4. The lowest BCUT2D eigenvalue weighted by molar-refractivity contribution is -0.118. The first kappa shape index (κ1) is 24.0. The van der Waals surface area contributed by atoms with Crippen LogP contribution in [0, 0.1) is 5.82 Å². The minimum absolute atomic E-state index is 0.111.